The molecule has 0 heterocycles. The zero-order valence-corrected chi connectivity index (χ0v) is 10.8. The minimum Gasteiger partial charge on any atom is -0.545 e. The number of carbonyl (C=O) groups excluding carboxylic acids is 2. The molecule has 0 aliphatic carbocycles. The van der Waals surface area contributed by atoms with Crippen LogP contribution in [0, 0.1) is 0 Å². The molecule has 0 aliphatic heterocycles. The summed E-state index contributed by atoms with van der Waals surface area (Å²) in [6.45, 7) is 0. The van der Waals surface area contributed by atoms with E-state index in [0.717, 1.165) is 0 Å². The molecule has 0 amide bonds. The SMILES string of the molecule is O=C([O-])C=CC(=O)[O-].[Ca+2].[K+]. The molecule has 0 atom stereocenters. The number of carbonyl (C=O) groups is 2. The molecule has 0 saturated heterocycles. The van der Waals surface area contributed by atoms with Crippen LogP contribution in [-0.2, 0) is 9.59 Å². The summed E-state index contributed by atoms with van der Waals surface area (Å²) in [5.74, 6) is -3.09. The molecule has 0 unspecified atom stereocenters. The number of hydrogen-bond donors (Lipinski definition) is 0. The van der Waals surface area contributed by atoms with Crippen LogP contribution in [0.15, 0.2) is 12.2 Å². The predicted octanol–water partition coefficient (Wildman–Crippen LogP) is -6.33. The van der Waals surface area contributed by atoms with E-state index in [-0.39, 0.29) is 89.1 Å². The number of carboxylic acid groups (broad SMARTS) is 2. The van der Waals surface area contributed by atoms with Gasteiger partial charge < -0.3 is 19.8 Å². The molecule has 0 aromatic carbocycles. The summed E-state index contributed by atoms with van der Waals surface area (Å²) >= 11 is 0. The van der Waals surface area contributed by atoms with Crippen molar-refractivity contribution in [1.82, 2.24) is 0 Å². The summed E-state index contributed by atoms with van der Waals surface area (Å²) in [6, 6.07) is 0. The molecule has 0 N–H and O–H groups in total. The second kappa shape index (κ2) is 10.6. The molecule has 0 radical (unpaired) electrons. The minimum atomic E-state index is -1.55. The molecule has 0 bridgehead atoms. The Kier molecular flexibility index (Phi) is 18.6. The smallest absolute Gasteiger partial charge is 0.545 e. The van der Waals surface area contributed by atoms with Gasteiger partial charge in [-0.3, -0.25) is 0 Å². The van der Waals surface area contributed by atoms with Crippen molar-refractivity contribution in [2.75, 3.05) is 0 Å². The third-order valence-corrected chi connectivity index (χ3v) is 0.355. The fraction of sp³-hybridized carbons (Fsp3) is 0. The van der Waals surface area contributed by atoms with Crippen molar-refractivity contribution in [1.29, 1.82) is 0 Å². The van der Waals surface area contributed by atoms with Crippen molar-refractivity contribution in [3.8, 4) is 0 Å². The van der Waals surface area contributed by atoms with Crippen molar-refractivity contribution in [3.63, 3.8) is 0 Å². The van der Waals surface area contributed by atoms with Gasteiger partial charge in [0.15, 0.2) is 0 Å². The first kappa shape index (κ1) is 17.6. The summed E-state index contributed by atoms with van der Waals surface area (Å²) in [7, 11) is 0. The van der Waals surface area contributed by atoms with Crippen molar-refractivity contribution in [2.24, 2.45) is 0 Å². The average molecular weight is 193 g/mol. The van der Waals surface area contributed by atoms with E-state index in [1.54, 1.807) is 0 Å². The standard InChI is InChI=1S/C4H4O4.Ca.K/c5-3(6)1-2-4(7)8;;/h1-2H,(H,5,6)(H,7,8);;/q;+2;+1/p-2. The second-order valence-corrected chi connectivity index (χ2v) is 0.971. The Morgan fingerprint density at radius 2 is 1.20 bits per heavy atom. The first-order valence-electron chi connectivity index (χ1n) is 1.73. The van der Waals surface area contributed by atoms with Crippen LogP contribution in [0.3, 0.4) is 0 Å². The van der Waals surface area contributed by atoms with Crippen molar-refractivity contribution in [3.05, 3.63) is 12.2 Å². The van der Waals surface area contributed by atoms with Gasteiger partial charge >= 0.3 is 89.1 Å². The Balaban J connectivity index is -0.000000245. The van der Waals surface area contributed by atoms with Crippen molar-refractivity contribution >= 4 is 49.7 Å². The largest absolute Gasteiger partial charge is 2.00 e. The Morgan fingerprint density at radius 3 is 1.30 bits per heavy atom. The van der Waals surface area contributed by atoms with E-state index >= 15 is 0 Å². The molecule has 0 aromatic rings. The number of hydrogen-bond acceptors (Lipinski definition) is 4. The zero-order chi connectivity index (χ0) is 6.57. The van der Waals surface area contributed by atoms with E-state index < -0.39 is 11.9 Å². The first-order valence-corrected chi connectivity index (χ1v) is 1.73. The predicted molar refractivity (Wildman–Crippen MR) is 24.9 cm³/mol. The Labute approximate surface area is 130 Å². The summed E-state index contributed by atoms with van der Waals surface area (Å²) in [5.41, 5.74) is 0. The average Bonchev–Trinajstić information content (AvgIpc) is 1.61. The maximum atomic E-state index is 9.41. The van der Waals surface area contributed by atoms with Crippen LogP contribution >= 0.6 is 0 Å². The Morgan fingerprint density at radius 1 is 1.00 bits per heavy atom. The molecule has 0 spiro atoms. The molecule has 0 aliphatic rings. The van der Waals surface area contributed by atoms with E-state index in [4.69, 9.17) is 0 Å². The van der Waals surface area contributed by atoms with Gasteiger partial charge in [-0.15, -0.1) is 0 Å². The van der Waals surface area contributed by atoms with E-state index in [1.165, 1.54) is 0 Å². The molecule has 0 aromatic heterocycles. The van der Waals surface area contributed by atoms with Gasteiger partial charge in [0.25, 0.3) is 0 Å². The van der Waals surface area contributed by atoms with E-state index in [2.05, 4.69) is 0 Å². The molecule has 44 valence electrons. The van der Waals surface area contributed by atoms with Gasteiger partial charge in [-0.05, 0) is 12.2 Å². The minimum absolute atomic E-state index is 0. The maximum Gasteiger partial charge on any atom is 2.00 e. The van der Waals surface area contributed by atoms with E-state index in [1.807, 2.05) is 0 Å². The van der Waals surface area contributed by atoms with Gasteiger partial charge in [0.1, 0.15) is 0 Å². The van der Waals surface area contributed by atoms with Gasteiger partial charge in [-0.25, -0.2) is 0 Å². The van der Waals surface area contributed by atoms with Gasteiger partial charge in [0.2, 0.25) is 0 Å². The normalized spacial score (nSPS) is 7.60. The molecule has 0 rings (SSSR count). The molecule has 6 heteroatoms. The van der Waals surface area contributed by atoms with Crippen molar-refractivity contribution < 1.29 is 71.2 Å². The number of rotatable bonds is 2. The zero-order valence-electron chi connectivity index (χ0n) is 5.49. The molecule has 0 saturated carbocycles. The maximum absolute atomic E-state index is 9.41. The number of aliphatic carboxylic acids is 2. The molecule has 0 fully saturated rings. The van der Waals surface area contributed by atoms with Crippen LogP contribution in [0.5, 0.6) is 0 Å². The number of carboxylic acids is 2. The summed E-state index contributed by atoms with van der Waals surface area (Å²) < 4.78 is 0. The van der Waals surface area contributed by atoms with Gasteiger partial charge in [-0.1, -0.05) is 0 Å². The summed E-state index contributed by atoms with van der Waals surface area (Å²) in [6.07, 6.45) is 0.769. The van der Waals surface area contributed by atoms with Crippen LogP contribution in [0.4, 0.5) is 0 Å². The van der Waals surface area contributed by atoms with Crippen molar-refractivity contribution in [2.45, 2.75) is 0 Å². The van der Waals surface area contributed by atoms with Gasteiger partial charge in [0, 0.05) is 0 Å². The molecular weight excluding hydrogens is 191 g/mol. The van der Waals surface area contributed by atoms with Crippen LogP contribution in [0.2, 0.25) is 0 Å². The molecule has 4 nitrogen and oxygen atoms in total. The second-order valence-electron chi connectivity index (χ2n) is 0.971. The molecular formula is C4H2CaKO4+. The quantitative estimate of drug-likeness (QED) is 0.323. The Hall–Kier alpha value is 1.58. The third-order valence-electron chi connectivity index (χ3n) is 0.355. The first-order chi connectivity index (χ1) is 3.63. The fourth-order valence-corrected chi connectivity index (χ4v) is 0.136. The monoisotopic (exact) mass is 193 g/mol. The van der Waals surface area contributed by atoms with Gasteiger partial charge in [0.05, 0.1) is 11.9 Å². The van der Waals surface area contributed by atoms with E-state index in [9.17, 15) is 19.8 Å². The van der Waals surface area contributed by atoms with Crippen LogP contribution in [0.1, 0.15) is 0 Å². The van der Waals surface area contributed by atoms with E-state index in [0.29, 0.717) is 12.2 Å². The van der Waals surface area contributed by atoms with Crippen LogP contribution in [-0.4, -0.2) is 49.7 Å². The summed E-state index contributed by atoms with van der Waals surface area (Å²) in [5, 5.41) is 18.8. The fourth-order valence-electron chi connectivity index (χ4n) is 0.136. The third kappa shape index (κ3) is 16.3. The van der Waals surface area contributed by atoms with Crippen LogP contribution < -0.4 is 61.6 Å². The molecule has 10 heavy (non-hydrogen) atoms. The Bertz CT molecular complexity index is 128. The topological polar surface area (TPSA) is 80.3 Å². The summed E-state index contributed by atoms with van der Waals surface area (Å²) in [4.78, 5) is 18.8. The van der Waals surface area contributed by atoms with Crippen LogP contribution in [0.25, 0.3) is 0 Å². The van der Waals surface area contributed by atoms with Gasteiger partial charge in [-0.2, -0.15) is 0 Å².